The van der Waals surface area contributed by atoms with Gasteiger partial charge in [0.25, 0.3) is 0 Å². The van der Waals surface area contributed by atoms with Crippen molar-refractivity contribution in [2.75, 3.05) is 19.6 Å². The van der Waals surface area contributed by atoms with Crippen LogP contribution in [-0.2, 0) is 9.59 Å². The zero-order chi connectivity index (χ0) is 15.5. The van der Waals surface area contributed by atoms with Gasteiger partial charge in [-0.3, -0.25) is 9.59 Å². The van der Waals surface area contributed by atoms with Crippen molar-refractivity contribution < 1.29 is 9.59 Å². The van der Waals surface area contributed by atoms with Gasteiger partial charge in [0.1, 0.15) is 0 Å². The Morgan fingerprint density at radius 3 is 2.41 bits per heavy atom. The Bertz CT molecular complexity index is 418. The second kappa shape index (κ2) is 6.99. The predicted molar refractivity (Wildman–Crippen MR) is 85.1 cm³/mol. The Labute approximate surface area is 133 Å². The molecule has 0 aromatic rings. The summed E-state index contributed by atoms with van der Waals surface area (Å²) in [6.45, 7) is 2.10. The van der Waals surface area contributed by atoms with Gasteiger partial charge in [0.2, 0.25) is 11.8 Å². The molecule has 124 valence electrons. The molecule has 0 radical (unpaired) electrons. The Hall–Kier alpha value is -1.10. The van der Waals surface area contributed by atoms with E-state index in [0.717, 1.165) is 32.2 Å². The molecule has 1 aliphatic carbocycles. The van der Waals surface area contributed by atoms with Crippen LogP contribution in [0.15, 0.2) is 0 Å². The molecular weight excluding hydrogens is 278 g/mol. The van der Waals surface area contributed by atoms with Crippen LogP contribution < -0.4 is 5.73 Å². The number of rotatable bonds is 2. The maximum Gasteiger partial charge on any atom is 0.228 e. The summed E-state index contributed by atoms with van der Waals surface area (Å²) in [5.74, 6) is 0.201. The first-order valence-electron chi connectivity index (χ1n) is 8.99. The van der Waals surface area contributed by atoms with Gasteiger partial charge >= 0.3 is 0 Å². The summed E-state index contributed by atoms with van der Waals surface area (Å²) in [4.78, 5) is 29.0. The molecule has 1 saturated carbocycles. The van der Waals surface area contributed by atoms with Gasteiger partial charge in [-0.05, 0) is 25.7 Å². The highest BCUT2D eigenvalue weighted by atomic mass is 16.2. The van der Waals surface area contributed by atoms with Crippen LogP contribution in [0.25, 0.3) is 0 Å². The number of hydrogen-bond acceptors (Lipinski definition) is 3. The van der Waals surface area contributed by atoms with Gasteiger partial charge in [-0.2, -0.15) is 0 Å². The highest BCUT2D eigenvalue weighted by molar-refractivity contribution is 5.89. The fraction of sp³-hybridized carbons (Fsp3) is 0.882. The third-order valence-corrected chi connectivity index (χ3v) is 5.54. The lowest BCUT2D eigenvalue weighted by Gasteiger charge is -2.33. The molecule has 0 aromatic carbocycles. The fourth-order valence-electron chi connectivity index (χ4n) is 4.29. The summed E-state index contributed by atoms with van der Waals surface area (Å²) in [6, 6.07) is 0.476. The maximum absolute atomic E-state index is 12.7. The molecule has 2 saturated heterocycles. The molecule has 3 rings (SSSR count). The molecule has 0 spiro atoms. The monoisotopic (exact) mass is 307 g/mol. The molecule has 2 heterocycles. The predicted octanol–water partition coefficient (Wildman–Crippen LogP) is 1.51. The van der Waals surface area contributed by atoms with E-state index in [2.05, 4.69) is 0 Å². The molecule has 22 heavy (non-hydrogen) atoms. The molecule has 5 heteroatoms. The van der Waals surface area contributed by atoms with E-state index in [1.54, 1.807) is 0 Å². The molecule has 0 bridgehead atoms. The number of nitrogens with zero attached hydrogens (tertiary/aromatic N) is 2. The average molecular weight is 307 g/mol. The third kappa shape index (κ3) is 3.45. The van der Waals surface area contributed by atoms with Crippen molar-refractivity contribution in [2.24, 2.45) is 11.7 Å². The standard InChI is InChI=1S/C17H29N3O2/c18-14-6-5-9-19(12-14)17(22)13-10-16(21)20(11-13)15-7-3-1-2-4-8-15/h13-15H,1-12,18H2/t13-,14-/m1/s1. The van der Waals surface area contributed by atoms with Gasteiger partial charge in [-0.15, -0.1) is 0 Å². The minimum atomic E-state index is -0.138. The molecule has 2 aliphatic heterocycles. The zero-order valence-corrected chi connectivity index (χ0v) is 13.5. The molecule has 0 unspecified atom stereocenters. The minimum absolute atomic E-state index is 0.104. The van der Waals surface area contributed by atoms with Crippen LogP contribution in [0.4, 0.5) is 0 Å². The normalized spacial score (nSPS) is 31.4. The fourth-order valence-corrected chi connectivity index (χ4v) is 4.29. The number of nitrogens with two attached hydrogens (primary N) is 1. The van der Waals surface area contributed by atoms with Gasteiger partial charge in [0.15, 0.2) is 0 Å². The van der Waals surface area contributed by atoms with E-state index in [4.69, 9.17) is 5.73 Å². The summed E-state index contributed by atoms with van der Waals surface area (Å²) in [6.07, 6.45) is 9.62. The van der Waals surface area contributed by atoms with Crippen LogP contribution in [-0.4, -0.2) is 53.3 Å². The van der Waals surface area contributed by atoms with E-state index in [1.165, 1.54) is 25.7 Å². The van der Waals surface area contributed by atoms with E-state index in [9.17, 15) is 9.59 Å². The van der Waals surface area contributed by atoms with Gasteiger partial charge in [0.05, 0.1) is 5.92 Å². The summed E-state index contributed by atoms with van der Waals surface area (Å²) in [5.41, 5.74) is 5.98. The average Bonchev–Trinajstić information content (AvgIpc) is 2.73. The van der Waals surface area contributed by atoms with Crippen LogP contribution in [0.2, 0.25) is 0 Å². The van der Waals surface area contributed by atoms with Crippen LogP contribution >= 0.6 is 0 Å². The maximum atomic E-state index is 12.7. The molecule has 2 amide bonds. The molecule has 2 N–H and O–H groups in total. The first-order valence-corrected chi connectivity index (χ1v) is 8.99. The first-order chi connectivity index (χ1) is 10.6. The Balaban J connectivity index is 1.59. The van der Waals surface area contributed by atoms with Crippen LogP contribution in [0.3, 0.4) is 0 Å². The number of carbonyl (C=O) groups is 2. The topological polar surface area (TPSA) is 66.6 Å². The van der Waals surface area contributed by atoms with Crippen LogP contribution in [0, 0.1) is 5.92 Å². The SMILES string of the molecule is N[C@@H]1CCCN(C(=O)[C@@H]2CC(=O)N(C3CCCCCC3)C2)C1. The second-order valence-corrected chi connectivity index (χ2v) is 7.28. The summed E-state index contributed by atoms with van der Waals surface area (Å²) in [7, 11) is 0. The molecule has 0 aromatic heterocycles. The van der Waals surface area contributed by atoms with Gasteiger partial charge in [-0.1, -0.05) is 25.7 Å². The molecular formula is C17H29N3O2. The third-order valence-electron chi connectivity index (χ3n) is 5.54. The lowest BCUT2D eigenvalue weighted by Crippen LogP contribution is -2.48. The number of likely N-dealkylation sites (tertiary alicyclic amines) is 2. The smallest absolute Gasteiger partial charge is 0.228 e. The Morgan fingerprint density at radius 2 is 1.73 bits per heavy atom. The van der Waals surface area contributed by atoms with E-state index in [1.807, 2.05) is 9.80 Å². The van der Waals surface area contributed by atoms with Crippen molar-refractivity contribution in [3.05, 3.63) is 0 Å². The summed E-state index contributed by atoms with van der Waals surface area (Å²) in [5, 5.41) is 0. The van der Waals surface area contributed by atoms with Crippen molar-refractivity contribution in [3.8, 4) is 0 Å². The van der Waals surface area contributed by atoms with E-state index >= 15 is 0 Å². The molecule has 3 fully saturated rings. The van der Waals surface area contributed by atoms with E-state index in [0.29, 0.717) is 25.6 Å². The second-order valence-electron chi connectivity index (χ2n) is 7.28. The Kier molecular flexibility index (Phi) is 5.01. The van der Waals surface area contributed by atoms with Crippen molar-refractivity contribution in [2.45, 2.75) is 69.9 Å². The summed E-state index contributed by atoms with van der Waals surface area (Å²) < 4.78 is 0. The summed E-state index contributed by atoms with van der Waals surface area (Å²) >= 11 is 0. The van der Waals surface area contributed by atoms with Gasteiger partial charge < -0.3 is 15.5 Å². The zero-order valence-electron chi connectivity index (χ0n) is 13.5. The van der Waals surface area contributed by atoms with Crippen LogP contribution in [0.5, 0.6) is 0 Å². The van der Waals surface area contributed by atoms with Crippen molar-refractivity contribution in [1.29, 1.82) is 0 Å². The number of hydrogen-bond donors (Lipinski definition) is 1. The molecule has 5 nitrogen and oxygen atoms in total. The Morgan fingerprint density at radius 1 is 1.00 bits per heavy atom. The first kappa shape index (κ1) is 15.8. The van der Waals surface area contributed by atoms with Crippen LogP contribution in [0.1, 0.15) is 57.8 Å². The number of piperidine rings is 1. The number of carbonyl (C=O) groups excluding carboxylic acids is 2. The lowest BCUT2D eigenvalue weighted by atomic mass is 10.0. The van der Waals surface area contributed by atoms with Crippen molar-refractivity contribution >= 4 is 11.8 Å². The van der Waals surface area contributed by atoms with E-state index in [-0.39, 0.29) is 23.8 Å². The molecule has 2 atom stereocenters. The highest BCUT2D eigenvalue weighted by Crippen LogP contribution is 2.29. The van der Waals surface area contributed by atoms with Gasteiger partial charge in [-0.25, -0.2) is 0 Å². The number of amides is 2. The van der Waals surface area contributed by atoms with E-state index < -0.39 is 0 Å². The van der Waals surface area contributed by atoms with Crippen molar-refractivity contribution in [1.82, 2.24) is 9.80 Å². The minimum Gasteiger partial charge on any atom is -0.341 e. The molecule has 3 aliphatic rings. The largest absolute Gasteiger partial charge is 0.341 e. The lowest BCUT2D eigenvalue weighted by molar-refractivity contribution is -0.137. The van der Waals surface area contributed by atoms with Gasteiger partial charge in [0, 0.05) is 38.1 Å². The van der Waals surface area contributed by atoms with Crippen molar-refractivity contribution in [3.63, 3.8) is 0 Å². The quantitative estimate of drug-likeness (QED) is 0.786. The highest BCUT2D eigenvalue weighted by Gasteiger charge is 2.39.